The number of aromatic hydroxyl groups is 1. The van der Waals surface area contributed by atoms with Crippen LogP contribution in [-0.4, -0.2) is 107 Å². The molecule has 2 aliphatic carbocycles. The molecule has 4 amide bonds. The van der Waals surface area contributed by atoms with Gasteiger partial charge >= 0.3 is 0 Å². The Morgan fingerprint density at radius 3 is 1.57 bits per heavy atom. The van der Waals surface area contributed by atoms with Crippen molar-refractivity contribution in [3.8, 4) is 23.0 Å². The fourth-order valence-electron chi connectivity index (χ4n) is 8.04. The molecule has 2 heterocycles. The van der Waals surface area contributed by atoms with E-state index in [4.69, 9.17) is 19.7 Å². The molecule has 360 valence electrons. The number of hydrogen-bond acceptors (Lipinski definition) is 12. The predicted molar refractivity (Wildman–Crippen MR) is 251 cm³/mol. The largest absolute Gasteiger partial charge is 0.504 e. The minimum Gasteiger partial charge on any atom is -0.504 e. The quantitative estimate of drug-likeness (QED) is 0.101. The topological polar surface area (TPSA) is 215 Å². The number of fused-ring (bicyclic) bond motifs is 2. The smallest absolute Gasteiger partial charge is 0.257 e. The maximum Gasteiger partial charge on any atom is 0.257 e. The van der Waals surface area contributed by atoms with E-state index in [0.717, 1.165) is 43.8 Å². The Kier molecular flexibility index (Phi) is 14.1. The van der Waals surface area contributed by atoms with Crippen molar-refractivity contribution in [1.29, 1.82) is 0 Å². The van der Waals surface area contributed by atoms with Crippen LogP contribution in [0.15, 0.2) is 72.8 Å². The number of nitrogens with one attached hydrogen (secondary N) is 2. The highest BCUT2D eigenvalue weighted by molar-refractivity contribution is 7.90. The molecule has 0 radical (unpaired) electrons. The molecule has 2 fully saturated rings. The van der Waals surface area contributed by atoms with Gasteiger partial charge in [-0.05, 0) is 98.2 Å². The number of carbonyl (C=O) groups excluding carboxylic acids is 4. The zero-order valence-electron chi connectivity index (χ0n) is 41.5. The molecule has 4 aromatic rings. The number of amides is 4. The minimum atomic E-state index is -3.54. The number of hydrogen-bond donors (Lipinski definition) is 3. The molecule has 3 N–H and O–H groups in total. The van der Waals surface area contributed by atoms with E-state index < -0.39 is 51.9 Å². The van der Waals surface area contributed by atoms with Crippen molar-refractivity contribution >= 4 is 54.7 Å². The molecule has 0 spiro atoms. The van der Waals surface area contributed by atoms with Gasteiger partial charge in [-0.2, -0.15) is 0 Å². The van der Waals surface area contributed by atoms with Crippen molar-refractivity contribution in [2.24, 2.45) is 11.8 Å². The Balaban J connectivity index is 0.000000222. The van der Waals surface area contributed by atoms with Gasteiger partial charge in [0.1, 0.15) is 19.7 Å². The summed E-state index contributed by atoms with van der Waals surface area (Å²) in [6.45, 7) is 4.41. The van der Waals surface area contributed by atoms with Crippen molar-refractivity contribution < 1.29 is 65.2 Å². The first-order valence-electron chi connectivity index (χ1n) is 23.8. The summed E-state index contributed by atoms with van der Waals surface area (Å²) in [5.41, 5.74) is 4.00. The Bertz CT molecular complexity index is 2880. The van der Waals surface area contributed by atoms with Gasteiger partial charge in [-0.3, -0.25) is 23.6 Å². The average molecular weight is 969 g/mol. The number of methoxy groups -OCH3 is 1. The Labute approximate surface area is 396 Å². The number of alkyl halides is 1. The summed E-state index contributed by atoms with van der Waals surface area (Å²) in [7, 11) is -10.7. The van der Waals surface area contributed by atoms with Crippen molar-refractivity contribution in [3.63, 3.8) is 0 Å². The molecule has 4 aromatic carbocycles. The number of carbonyl (C=O) groups is 4. The van der Waals surface area contributed by atoms with E-state index in [-0.39, 0.29) is 83.8 Å². The molecule has 2 atom stereocenters. The highest BCUT2D eigenvalue weighted by atomic mass is 32.2. The first-order chi connectivity index (χ1) is 33.4. The second kappa shape index (κ2) is 21.2. The third-order valence-corrected chi connectivity index (χ3v) is 13.3. The van der Waals surface area contributed by atoms with Crippen LogP contribution in [-0.2, 0) is 42.4 Å². The summed E-state index contributed by atoms with van der Waals surface area (Å²) in [6.07, 6.45) is 5.55. The van der Waals surface area contributed by atoms with Crippen molar-refractivity contribution in [3.05, 3.63) is 106 Å². The van der Waals surface area contributed by atoms with Crippen LogP contribution in [0.2, 0.25) is 0 Å². The van der Waals surface area contributed by atoms with Crippen LogP contribution in [0.5, 0.6) is 23.0 Å². The number of nitrogens with zero attached hydrogens (tertiary/aromatic N) is 2. The lowest BCUT2D eigenvalue weighted by Gasteiger charge is -2.28. The fraction of sp³-hybridized carbons (Fsp3) is 0.417. The molecule has 0 bridgehead atoms. The summed E-state index contributed by atoms with van der Waals surface area (Å²) < 4.78 is 103. The molecule has 0 aromatic heterocycles. The lowest BCUT2D eigenvalue weighted by molar-refractivity contribution is -0.118. The summed E-state index contributed by atoms with van der Waals surface area (Å²) in [6, 6.07) is 17.8. The standard InChI is InChI=1S/C24H28N2O6S.C23H26N2O6S.CH3F/c1-4-32-21-12-16(10-11-20(21)31-2)19(14-33(3,29)30)26-13-17-6-5-7-18(22(17)24(26)28)25-23(27)15-8-9-15;1-3-31-20-11-15(9-10-19(20)26)18(13-32(2,29)30)25-12-16-5-4-6-17(21(16)23(25)28)24-22(27)14-7-8-14;1-2/h5-7,10-12,15,19H,4,8-9,13-14H2,1-3H3,(H,25,27);4-6,9-11,14,18,26H,3,7-8,12-13H2,1-2H3,(H,24,27);1H3/t19-;18-;/m11./s1/i2D3;;1D. The molecule has 2 aliphatic heterocycles. The first kappa shape index (κ1) is 44.6. The van der Waals surface area contributed by atoms with E-state index in [1.807, 2.05) is 0 Å². The van der Waals surface area contributed by atoms with Gasteiger partial charge in [0.15, 0.2) is 23.0 Å². The summed E-state index contributed by atoms with van der Waals surface area (Å²) >= 11 is 0. The van der Waals surface area contributed by atoms with Crippen molar-refractivity contribution in [2.45, 2.75) is 64.7 Å². The minimum absolute atomic E-state index is 0.00886. The van der Waals surface area contributed by atoms with E-state index in [2.05, 4.69) is 10.6 Å². The number of halogens is 1. The van der Waals surface area contributed by atoms with Gasteiger partial charge in [-0.15, -0.1) is 0 Å². The second-order valence-corrected chi connectivity index (χ2v) is 21.1. The molecule has 16 nitrogen and oxygen atoms in total. The third kappa shape index (κ3) is 12.2. The number of sulfone groups is 2. The normalized spacial score (nSPS) is 17.1. The third-order valence-electron chi connectivity index (χ3n) is 11.4. The molecule has 19 heteroatoms. The van der Waals surface area contributed by atoms with Crippen molar-refractivity contribution in [1.82, 2.24) is 9.80 Å². The average Bonchev–Trinajstić information content (AvgIpc) is 4.23. The first-order valence-corrected chi connectivity index (χ1v) is 25.7. The Morgan fingerprint density at radius 2 is 1.15 bits per heavy atom. The molecule has 4 aliphatic rings. The molecule has 2 saturated carbocycles. The van der Waals surface area contributed by atoms with Gasteiger partial charge in [-0.25, -0.2) is 16.8 Å². The molecular formula is C48H57FN4O12S2. The molecule has 0 saturated heterocycles. The summed E-state index contributed by atoms with van der Waals surface area (Å²) in [5, 5.41) is 15.7. The van der Waals surface area contributed by atoms with Gasteiger partial charge < -0.3 is 39.8 Å². The predicted octanol–water partition coefficient (Wildman–Crippen LogP) is 6.65. The zero-order valence-corrected chi connectivity index (χ0v) is 39.2. The molecule has 67 heavy (non-hydrogen) atoms. The molecule has 0 unspecified atom stereocenters. The van der Waals surface area contributed by atoms with Gasteiger partial charge in [0.25, 0.3) is 11.8 Å². The van der Waals surface area contributed by atoms with E-state index in [9.17, 15) is 45.5 Å². The lowest BCUT2D eigenvalue weighted by Crippen LogP contribution is -2.34. The summed E-state index contributed by atoms with van der Waals surface area (Å²) in [4.78, 5) is 54.7. The van der Waals surface area contributed by atoms with Gasteiger partial charge in [-0.1, -0.05) is 36.4 Å². The van der Waals surface area contributed by atoms with Crippen molar-refractivity contribution in [2.75, 3.05) is 62.1 Å². The highest BCUT2D eigenvalue weighted by Crippen LogP contribution is 2.41. The number of benzene rings is 4. The van der Waals surface area contributed by atoms with Crippen LogP contribution in [0, 0.1) is 11.8 Å². The number of phenols is 1. The maximum atomic E-state index is 13.6. The number of phenolic OH excluding ortho intramolecular Hbond substituents is 1. The zero-order chi connectivity index (χ0) is 52.0. The van der Waals surface area contributed by atoms with Gasteiger partial charge in [0, 0.05) is 37.4 Å². The van der Waals surface area contributed by atoms with Crippen LogP contribution in [0.25, 0.3) is 0 Å². The number of rotatable bonds is 17. The van der Waals surface area contributed by atoms with E-state index >= 15 is 0 Å². The fourth-order valence-corrected chi connectivity index (χ4v) is 9.93. The van der Waals surface area contributed by atoms with Gasteiger partial charge in [0.2, 0.25) is 11.8 Å². The summed E-state index contributed by atoms with van der Waals surface area (Å²) in [5.74, 6) is -1.38. The van der Waals surface area contributed by atoms with E-state index in [1.54, 1.807) is 62.4 Å². The monoisotopic (exact) mass is 968 g/mol. The van der Waals surface area contributed by atoms with Crippen LogP contribution in [0.4, 0.5) is 15.8 Å². The van der Waals surface area contributed by atoms with Crippen LogP contribution in [0.1, 0.15) is 100 Å². The Hall–Kier alpha value is -6.21. The van der Waals surface area contributed by atoms with E-state index in [1.165, 1.54) is 34.1 Å². The lowest BCUT2D eigenvalue weighted by atomic mass is 10.1. The SMILES string of the molecule is CCOc1cc([C@@H](CS(C)(=O)=O)N2Cc3cccc(NC(=O)C4CC4)c3C2=O)ccc1O.[2H]C([2H])([2H])Oc1ccc([C@@H](CS(C)(=O)=O)N2Cc3cccc(NC(=O)C4CC4)c3C2=O)cc1OCC.[2H]CF. The Morgan fingerprint density at radius 1 is 0.716 bits per heavy atom. The highest BCUT2D eigenvalue weighted by Gasteiger charge is 2.40. The van der Waals surface area contributed by atoms with E-state index in [0.29, 0.717) is 45.8 Å². The van der Waals surface area contributed by atoms with Gasteiger partial charge in [0.05, 0.1) is 79.0 Å². The van der Waals surface area contributed by atoms with Crippen LogP contribution < -0.4 is 24.8 Å². The van der Waals surface area contributed by atoms with Crippen LogP contribution in [0.3, 0.4) is 0 Å². The molecular weight excluding hydrogens is 908 g/mol. The molecule has 8 rings (SSSR count). The number of anilines is 2. The maximum absolute atomic E-state index is 13.6. The second-order valence-electron chi connectivity index (χ2n) is 16.7. The van der Waals surface area contributed by atoms with Crippen LogP contribution >= 0.6 is 0 Å². The number of ether oxygens (including phenoxy) is 3.